The molecule has 0 aliphatic carbocycles. The highest BCUT2D eigenvalue weighted by Crippen LogP contribution is 2.39. The van der Waals surface area contributed by atoms with E-state index in [4.69, 9.17) is 14.4 Å². The molecule has 3 heterocycles. The van der Waals surface area contributed by atoms with E-state index in [9.17, 15) is 0 Å². The summed E-state index contributed by atoms with van der Waals surface area (Å²) in [5, 5.41) is 8.16. The maximum atomic E-state index is 6.78. The number of amidine groups is 2. The SMILES string of the molecule is c1ccc(-c2ccc(C3=NC(c4ccccc4)NC(c4cccc5oc6c(-n7c8ccccc8c8ccccc87)cccc6c45)=N3)cc2)cc1. The highest BCUT2D eigenvalue weighted by Gasteiger charge is 2.25. The summed E-state index contributed by atoms with van der Waals surface area (Å²) in [5.74, 6) is 1.44. The van der Waals surface area contributed by atoms with Gasteiger partial charge in [0.15, 0.2) is 11.4 Å². The number of para-hydroxylation sites is 3. The number of aliphatic imine (C=N–C) groups is 2. The molecule has 0 fully saturated rings. The Hall–Kier alpha value is -6.72. The van der Waals surface area contributed by atoms with E-state index in [0.29, 0.717) is 5.84 Å². The minimum Gasteiger partial charge on any atom is -0.454 e. The van der Waals surface area contributed by atoms with Crippen molar-refractivity contribution in [2.75, 3.05) is 0 Å². The summed E-state index contributed by atoms with van der Waals surface area (Å²) in [5.41, 5.74) is 10.3. The van der Waals surface area contributed by atoms with Gasteiger partial charge in [0.2, 0.25) is 0 Å². The minimum absolute atomic E-state index is 0.311. The molecule has 1 aliphatic heterocycles. The van der Waals surface area contributed by atoms with Crippen molar-refractivity contribution in [1.82, 2.24) is 9.88 Å². The molecule has 0 bridgehead atoms. The fourth-order valence-corrected chi connectivity index (χ4v) is 7.35. The zero-order valence-corrected chi connectivity index (χ0v) is 27.0. The molecule has 1 N–H and O–H groups in total. The average molecular weight is 643 g/mol. The Bertz CT molecular complexity index is 2720. The molecule has 1 unspecified atom stereocenters. The van der Waals surface area contributed by atoms with Crippen molar-refractivity contribution in [3.8, 4) is 16.8 Å². The molecule has 9 aromatic rings. The Balaban J connectivity index is 1.15. The summed E-state index contributed by atoms with van der Waals surface area (Å²) < 4.78 is 9.10. The second-order valence-corrected chi connectivity index (χ2v) is 12.6. The van der Waals surface area contributed by atoms with Crippen LogP contribution in [0.15, 0.2) is 184 Å². The maximum absolute atomic E-state index is 6.78. The lowest BCUT2D eigenvalue weighted by Gasteiger charge is -2.24. The Morgan fingerprint density at radius 1 is 0.520 bits per heavy atom. The van der Waals surface area contributed by atoms with Crippen LogP contribution in [0, 0.1) is 0 Å². The summed E-state index contributed by atoms with van der Waals surface area (Å²) >= 11 is 0. The number of hydrogen-bond acceptors (Lipinski definition) is 4. The number of benzene rings is 7. The van der Waals surface area contributed by atoms with E-state index in [1.165, 1.54) is 16.3 Å². The molecule has 0 spiro atoms. The van der Waals surface area contributed by atoms with Crippen molar-refractivity contribution in [2.45, 2.75) is 6.17 Å². The van der Waals surface area contributed by atoms with E-state index in [1.54, 1.807) is 0 Å². The average Bonchev–Trinajstić information content (AvgIpc) is 3.75. The molecular formula is C45H30N4O. The van der Waals surface area contributed by atoms with Crippen molar-refractivity contribution in [3.63, 3.8) is 0 Å². The van der Waals surface area contributed by atoms with Crippen molar-refractivity contribution in [2.24, 2.45) is 9.98 Å². The lowest BCUT2D eigenvalue weighted by Crippen LogP contribution is -2.33. The topological polar surface area (TPSA) is 54.8 Å². The van der Waals surface area contributed by atoms with Crippen LogP contribution in [0.1, 0.15) is 22.9 Å². The third-order valence-electron chi connectivity index (χ3n) is 9.69. The molecule has 0 amide bonds. The van der Waals surface area contributed by atoms with Crippen molar-refractivity contribution >= 4 is 55.4 Å². The molecule has 10 rings (SSSR count). The summed E-state index contributed by atoms with van der Waals surface area (Å²) in [4.78, 5) is 10.3. The monoisotopic (exact) mass is 642 g/mol. The van der Waals surface area contributed by atoms with Crippen LogP contribution in [0.3, 0.4) is 0 Å². The Kier molecular flexibility index (Phi) is 6.49. The van der Waals surface area contributed by atoms with Crippen LogP contribution < -0.4 is 5.32 Å². The molecule has 0 radical (unpaired) electrons. The van der Waals surface area contributed by atoms with E-state index in [1.807, 2.05) is 36.4 Å². The molecule has 2 aromatic heterocycles. The first-order valence-electron chi connectivity index (χ1n) is 16.9. The van der Waals surface area contributed by atoms with Crippen LogP contribution in [-0.2, 0) is 0 Å². The van der Waals surface area contributed by atoms with Crippen molar-refractivity contribution in [3.05, 3.63) is 187 Å². The standard InChI is InChI=1S/C45H30N4O/c1-3-13-29(14-4-1)30-25-27-32(28-26-30)44-46-43(31-15-5-2-6-16-31)47-45(48-44)36-20-12-24-40-41(36)35-19-11-23-39(42(35)50-40)49-37-21-9-7-17-33(37)34-18-8-10-22-38(34)49/h1-28,43H,(H,46,47,48). The van der Waals surface area contributed by atoms with E-state index < -0.39 is 0 Å². The van der Waals surface area contributed by atoms with Gasteiger partial charge in [-0.15, -0.1) is 0 Å². The van der Waals surface area contributed by atoms with Gasteiger partial charge >= 0.3 is 0 Å². The van der Waals surface area contributed by atoms with Crippen LogP contribution in [0.25, 0.3) is 60.6 Å². The quantitative estimate of drug-likeness (QED) is 0.203. The van der Waals surface area contributed by atoms with Crippen LogP contribution in [0.5, 0.6) is 0 Å². The molecule has 50 heavy (non-hydrogen) atoms. The summed E-state index contributed by atoms with van der Waals surface area (Å²) in [6.07, 6.45) is -0.311. The first kappa shape index (κ1) is 28.3. The third-order valence-corrected chi connectivity index (χ3v) is 9.69. The molecular weight excluding hydrogens is 613 g/mol. The van der Waals surface area contributed by atoms with Gasteiger partial charge in [-0.3, -0.25) is 0 Å². The molecule has 5 nitrogen and oxygen atoms in total. The fourth-order valence-electron chi connectivity index (χ4n) is 7.35. The summed E-state index contributed by atoms with van der Waals surface area (Å²) in [6.45, 7) is 0. The summed E-state index contributed by atoms with van der Waals surface area (Å²) in [6, 6.07) is 59.0. The Morgan fingerprint density at radius 2 is 1.12 bits per heavy atom. The number of nitrogens with one attached hydrogen (secondary N) is 1. The smallest absolute Gasteiger partial charge is 0.159 e. The van der Waals surface area contributed by atoms with E-state index in [0.717, 1.165) is 66.7 Å². The first-order valence-corrected chi connectivity index (χ1v) is 16.9. The second kappa shape index (κ2) is 11.5. The normalized spacial score (nSPS) is 14.6. The highest BCUT2D eigenvalue weighted by molar-refractivity contribution is 6.22. The Labute approximate surface area is 288 Å². The predicted octanol–water partition coefficient (Wildman–Crippen LogP) is 10.8. The maximum Gasteiger partial charge on any atom is 0.159 e. The fraction of sp³-hybridized carbons (Fsp3) is 0.0222. The minimum atomic E-state index is -0.311. The molecule has 236 valence electrons. The van der Waals surface area contributed by atoms with Gasteiger partial charge in [0.1, 0.15) is 17.6 Å². The zero-order chi connectivity index (χ0) is 33.0. The highest BCUT2D eigenvalue weighted by atomic mass is 16.3. The number of hydrogen-bond donors (Lipinski definition) is 1. The van der Waals surface area contributed by atoms with E-state index in [-0.39, 0.29) is 6.17 Å². The number of aromatic nitrogens is 1. The van der Waals surface area contributed by atoms with Crippen molar-refractivity contribution < 1.29 is 4.42 Å². The molecule has 5 heteroatoms. The number of furan rings is 1. The van der Waals surface area contributed by atoms with Gasteiger partial charge in [0.05, 0.1) is 16.7 Å². The van der Waals surface area contributed by atoms with Gasteiger partial charge in [-0.25, -0.2) is 9.98 Å². The van der Waals surface area contributed by atoms with Gasteiger partial charge in [-0.1, -0.05) is 146 Å². The number of rotatable bonds is 5. The van der Waals surface area contributed by atoms with E-state index in [2.05, 4.69) is 143 Å². The second-order valence-electron chi connectivity index (χ2n) is 12.6. The zero-order valence-electron chi connectivity index (χ0n) is 27.0. The van der Waals surface area contributed by atoms with Crippen LogP contribution in [0.4, 0.5) is 0 Å². The molecule has 0 saturated carbocycles. The third kappa shape index (κ3) is 4.55. The van der Waals surface area contributed by atoms with Crippen molar-refractivity contribution in [1.29, 1.82) is 0 Å². The van der Waals surface area contributed by atoms with Gasteiger partial charge in [0, 0.05) is 32.7 Å². The lowest BCUT2D eigenvalue weighted by atomic mass is 10.0. The van der Waals surface area contributed by atoms with Crippen LogP contribution in [-0.4, -0.2) is 16.2 Å². The largest absolute Gasteiger partial charge is 0.454 e. The lowest BCUT2D eigenvalue weighted by molar-refractivity contribution is 0.665. The predicted molar refractivity (Wildman–Crippen MR) is 205 cm³/mol. The molecule has 0 saturated heterocycles. The van der Waals surface area contributed by atoms with Gasteiger partial charge in [-0.2, -0.15) is 0 Å². The van der Waals surface area contributed by atoms with Crippen LogP contribution in [0.2, 0.25) is 0 Å². The van der Waals surface area contributed by atoms with Gasteiger partial charge < -0.3 is 14.3 Å². The van der Waals surface area contributed by atoms with E-state index >= 15 is 0 Å². The Morgan fingerprint density at radius 3 is 1.86 bits per heavy atom. The first-order chi connectivity index (χ1) is 24.8. The molecule has 1 aliphatic rings. The number of fused-ring (bicyclic) bond motifs is 6. The van der Waals surface area contributed by atoms with Crippen LogP contribution >= 0.6 is 0 Å². The summed E-state index contributed by atoms with van der Waals surface area (Å²) in [7, 11) is 0. The molecule has 1 atom stereocenters. The number of nitrogens with zero attached hydrogens (tertiary/aromatic N) is 3. The molecule has 7 aromatic carbocycles. The van der Waals surface area contributed by atoms with Gasteiger partial charge in [-0.05, 0) is 41.0 Å². The van der Waals surface area contributed by atoms with Gasteiger partial charge in [0.25, 0.3) is 0 Å².